The minimum atomic E-state index is -2.10. The Hall–Kier alpha value is -1.50. The van der Waals surface area contributed by atoms with Crippen LogP contribution in [-0.4, -0.2) is 36.2 Å². The standard InChI is InChI=1S/C8H10O6S/c1-5(9)13-8(2,7(11)12-3)14-6(10)4-15/h4H,1-3H3. The van der Waals surface area contributed by atoms with Crippen molar-refractivity contribution in [1.82, 2.24) is 0 Å². The van der Waals surface area contributed by atoms with Gasteiger partial charge in [0.15, 0.2) is 0 Å². The first-order chi connectivity index (χ1) is 6.85. The molecule has 0 heterocycles. The number of hydrogen-bond acceptors (Lipinski definition) is 7. The third kappa shape index (κ3) is 4.03. The summed E-state index contributed by atoms with van der Waals surface area (Å²) in [7, 11) is 1.06. The van der Waals surface area contributed by atoms with Crippen molar-refractivity contribution < 1.29 is 28.6 Å². The number of carbonyl (C=O) groups is 3. The quantitative estimate of drug-likeness (QED) is 0.384. The predicted octanol–water partition coefficient (Wildman–Crippen LogP) is -0.0184. The molecule has 0 aromatic heterocycles. The second-order valence-corrected chi connectivity index (χ2v) is 2.81. The molecule has 0 aliphatic carbocycles. The molecule has 0 aromatic rings. The van der Waals surface area contributed by atoms with E-state index in [1.807, 2.05) is 0 Å². The lowest BCUT2D eigenvalue weighted by atomic mass is 10.3. The van der Waals surface area contributed by atoms with Gasteiger partial charge in [-0.05, 0) is 0 Å². The Morgan fingerprint density at radius 1 is 1.27 bits per heavy atom. The number of esters is 3. The van der Waals surface area contributed by atoms with Gasteiger partial charge >= 0.3 is 23.7 Å². The van der Waals surface area contributed by atoms with Gasteiger partial charge in [0, 0.05) is 13.8 Å². The van der Waals surface area contributed by atoms with Crippen molar-refractivity contribution in [1.29, 1.82) is 0 Å². The Morgan fingerprint density at radius 2 is 1.80 bits per heavy atom. The van der Waals surface area contributed by atoms with E-state index < -0.39 is 23.7 Å². The fourth-order valence-electron chi connectivity index (χ4n) is 0.780. The first kappa shape index (κ1) is 13.5. The molecule has 0 amide bonds. The van der Waals surface area contributed by atoms with E-state index in [-0.39, 0.29) is 0 Å². The van der Waals surface area contributed by atoms with Crippen LogP contribution in [0.2, 0.25) is 0 Å². The van der Waals surface area contributed by atoms with Crippen molar-refractivity contribution >= 4 is 35.5 Å². The van der Waals surface area contributed by atoms with Crippen molar-refractivity contribution in [3.05, 3.63) is 0 Å². The highest BCUT2D eigenvalue weighted by Crippen LogP contribution is 2.15. The zero-order chi connectivity index (χ0) is 12.1. The summed E-state index contributed by atoms with van der Waals surface area (Å²) in [6.45, 7) is 2.14. The van der Waals surface area contributed by atoms with Crippen molar-refractivity contribution in [2.75, 3.05) is 7.11 Å². The van der Waals surface area contributed by atoms with Crippen molar-refractivity contribution in [3.8, 4) is 0 Å². The Bertz CT molecular complexity index is 300. The van der Waals surface area contributed by atoms with E-state index >= 15 is 0 Å². The second kappa shape index (κ2) is 5.40. The summed E-state index contributed by atoms with van der Waals surface area (Å²) in [5.74, 6) is -4.88. The van der Waals surface area contributed by atoms with Crippen LogP contribution in [0, 0.1) is 0 Å². The topological polar surface area (TPSA) is 78.9 Å². The molecule has 7 heteroatoms. The molecule has 1 atom stereocenters. The number of thiocarbonyl (C=S) groups is 1. The molecule has 0 saturated heterocycles. The van der Waals surface area contributed by atoms with Gasteiger partial charge in [0.2, 0.25) is 0 Å². The third-order valence-electron chi connectivity index (χ3n) is 1.29. The summed E-state index contributed by atoms with van der Waals surface area (Å²) < 4.78 is 13.4. The molecule has 1 unspecified atom stereocenters. The molecule has 0 bridgehead atoms. The molecule has 15 heavy (non-hydrogen) atoms. The van der Waals surface area contributed by atoms with E-state index in [1.165, 1.54) is 0 Å². The molecule has 0 spiro atoms. The summed E-state index contributed by atoms with van der Waals surface area (Å²) >= 11 is 4.29. The molecule has 84 valence electrons. The molecule has 6 nitrogen and oxygen atoms in total. The van der Waals surface area contributed by atoms with Gasteiger partial charge in [0.25, 0.3) is 0 Å². The number of hydrogen-bond donors (Lipinski definition) is 0. The summed E-state index contributed by atoms with van der Waals surface area (Å²) in [6, 6.07) is 0. The van der Waals surface area contributed by atoms with Crippen LogP contribution in [0.3, 0.4) is 0 Å². The Morgan fingerprint density at radius 3 is 2.13 bits per heavy atom. The van der Waals surface area contributed by atoms with E-state index in [2.05, 4.69) is 26.4 Å². The maximum atomic E-state index is 11.2. The van der Waals surface area contributed by atoms with E-state index in [0.717, 1.165) is 21.0 Å². The molecular weight excluding hydrogens is 224 g/mol. The average molecular weight is 234 g/mol. The van der Waals surface area contributed by atoms with Crippen LogP contribution in [0.25, 0.3) is 0 Å². The number of carbonyl (C=O) groups excluding carboxylic acids is 3. The average Bonchev–Trinajstić information content (AvgIpc) is 2.14. The zero-order valence-corrected chi connectivity index (χ0v) is 9.25. The monoisotopic (exact) mass is 234 g/mol. The van der Waals surface area contributed by atoms with E-state index in [4.69, 9.17) is 0 Å². The lowest BCUT2D eigenvalue weighted by Gasteiger charge is -2.24. The van der Waals surface area contributed by atoms with Crippen LogP contribution in [0.1, 0.15) is 13.8 Å². The molecular formula is C8H10O6S. The first-order valence-corrected chi connectivity index (χ1v) is 4.29. The minimum absolute atomic E-state index is 0.671. The van der Waals surface area contributed by atoms with Gasteiger partial charge in [0.1, 0.15) is 0 Å². The molecule has 0 aromatic carbocycles. The van der Waals surface area contributed by atoms with E-state index in [1.54, 1.807) is 0 Å². The van der Waals surface area contributed by atoms with Crippen LogP contribution in [0.4, 0.5) is 0 Å². The van der Waals surface area contributed by atoms with Gasteiger partial charge in [-0.15, -0.1) is 0 Å². The predicted molar refractivity (Wildman–Crippen MR) is 51.9 cm³/mol. The minimum Gasteiger partial charge on any atom is -0.463 e. The van der Waals surface area contributed by atoms with Gasteiger partial charge in [-0.25, -0.2) is 9.59 Å². The Balaban J connectivity index is 4.84. The molecule has 0 aliphatic rings. The van der Waals surface area contributed by atoms with Gasteiger partial charge < -0.3 is 14.2 Å². The smallest absolute Gasteiger partial charge is 0.392 e. The number of rotatable bonds is 4. The van der Waals surface area contributed by atoms with E-state index in [0.29, 0.717) is 5.37 Å². The largest absolute Gasteiger partial charge is 0.463 e. The fraction of sp³-hybridized carbons (Fsp3) is 0.500. The van der Waals surface area contributed by atoms with Crippen molar-refractivity contribution in [3.63, 3.8) is 0 Å². The summed E-state index contributed by atoms with van der Waals surface area (Å²) in [5, 5.41) is 0.671. The van der Waals surface area contributed by atoms with E-state index in [9.17, 15) is 14.4 Å². The number of methoxy groups -OCH3 is 1. The van der Waals surface area contributed by atoms with Crippen molar-refractivity contribution in [2.24, 2.45) is 0 Å². The molecule has 0 radical (unpaired) electrons. The lowest BCUT2D eigenvalue weighted by Crippen LogP contribution is -2.45. The normalized spacial score (nSPS) is 13.3. The Kier molecular flexibility index (Phi) is 4.86. The molecule has 0 aliphatic heterocycles. The SMILES string of the molecule is COC(=O)C(C)(OC(C)=O)OC(=O)C=S. The van der Waals surface area contributed by atoms with Crippen LogP contribution >= 0.6 is 12.2 Å². The van der Waals surface area contributed by atoms with Crippen LogP contribution < -0.4 is 0 Å². The molecule has 0 N–H and O–H groups in total. The zero-order valence-electron chi connectivity index (χ0n) is 8.44. The lowest BCUT2D eigenvalue weighted by molar-refractivity contribution is -0.228. The maximum Gasteiger partial charge on any atom is 0.392 e. The summed E-state index contributed by atoms with van der Waals surface area (Å²) in [6.07, 6.45) is 0. The maximum absolute atomic E-state index is 11.2. The highest BCUT2D eigenvalue weighted by Gasteiger charge is 2.42. The molecule has 0 rings (SSSR count). The third-order valence-corrected chi connectivity index (χ3v) is 1.48. The van der Waals surface area contributed by atoms with Crippen LogP contribution in [0.5, 0.6) is 0 Å². The first-order valence-electron chi connectivity index (χ1n) is 3.82. The highest BCUT2D eigenvalue weighted by molar-refractivity contribution is 7.80. The van der Waals surface area contributed by atoms with Crippen molar-refractivity contribution in [2.45, 2.75) is 19.6 Å². The fourth-order valence-corrected chi connectivity index (χ4v) is 0.828. The number of ether oxygens (including phenoxy) is 3. The molecule has 0 saturated carbocycles. The molecule has 0 fully saturated rings. The second-order valence-electron chi connectivity index (χ2n) is 2.57. The van der Waals surface area contributed by atoms with Gasteiger partial charge in [-0.2, -0.15) is 0 Å². The summed E-state index contributed by atoms with van der Waals surface area (Å²) in [5.41, 5.74) is 0. The van der Waals surface area contributed by atoms with Gasteiger partial charge in [-0.3, -0.25) is 4.79 Å². The Labute approximate surface area is 91.5 Å². The van der Waals surface area contributed by atoms with Gasteiger partial charge in [0.05, 0.1) is 12.5 Å². The van der Waals surface area contributed by atoms with Gasteiger partial charge in [-0.1, -0.05) is 12.2 Å². The van der Waals surface area contributed by atoms with Crippen LogP contribution in [0.15, 0.2) is 0 Å². The van der Waals surface area contributed by atoms with Crippen LogP contribution in [-0.2, 0) is 28.6 Å². The summed E-state index contributed by atoms with van der Waals surface area (Å²) in [4.78, 5) is 32.7. The highest BCUT2D eigenvalue weighted by atomic mass is 32.1.